The smallest absolute Gasteiger partial charge is 0.372 e. The summed E-state index contributed by atoms with van der Waals surface area (Å²) < 4.78 is 38.0. The Labute approximate surface area is 65.5 Å². The van der Waals surface area contributed by atoms with Gasteiger partial charge in [-0.05, 0) is 6.42 Å². The molecule has 0 saturated carbocycles. The van der Waals surface area contributed by atoms with Crippen LogP contribution in [0.1, 0.15) is 27.2 Å². The number of halogens is 3. The summed E-state index contributed by atoms with van der Waals surface area (Å²) in [6.45, 7) is 4.82. The van der Waals surface area contributed by atoms with Gasteiger partial charge in [-0.15, -0.1) is 0 Å². The minimum absolute atomic E-state index is 0.180. The van der Waals surface area contributed by atoms with Crippen LogP contribution in [0, 0.1) is 0 Å². The molecule has 0 rings (SSSR count). The van der Waals surface area contributed by atoms with Crippen molar-refractivity contribution in [3.8, 4) is 0 Å². The fourth-order valence-corrected chi connectivity index (χ4v) is 0.332. The fourth-order valence-electron chi connectivity index (χ4n) is 0.332. The second kappa shape index (κ2) is 7.85. The predicted molar refractivity (Wildman–Crippen MR) is 38.5 cm³/mol. The Kier molecular flexibility index (Phi) is 9.53. The first-order valence-electron chi connectivity index (χ1n) is 3.70. The van der Waals surface area contributed by atoms with Gasteiger partial charge in [0.15, 0.2) is 0 Å². The first kappa shape index (κ1) is 13.3. The van der Waals surface area contributed by atoms with E-state index in [2.05, 4.69) is 4.74 Å². The number of hydrogen-bond acceptors (Lipinski definition) is 1. The lowest BCUT2D eigenvalue weighted by Gasteiger charge is -2.04. The summed E-state index contributed by atoms with van der Waals surface area (Å²) in [4.78, 5) is 0. The van der Waals surface area contributed by atoms with Crippen molar-refractivity contribution in [1.82, 2.24) is 0 Å². The molecule has 70 valence electrons. The van der Waals surface area contributed by atoms with E-state index in [1.165, 1.54) is 0 Å². The Morgan fingerprint density at radius 1 is 1.18 bits per heavy atom. The fraction of sp³-hybridized carbons (Fsp3) is 1.00. The van der Waals surface area contributed by atoms with Gasteiger partial charge in [0.05, 0.1) is 0 Å². The summed E-state index contributed by atoms with van der Waals surface area (Å²) in [6, 6.07) is 0. The van der Waals surface area contributed by atoms with E-state index in [0.717, 1.165) is 0 Å². The summed E-state index contributed by atoms with van der Waals surface area (Å²) in [7, 11) is 0. The normalized spacial score (nSPS) is 10.4. The van der Waals surface area contributed by atoms with Crippen LogP contribution in [0.4, 0.5) is 13.2 Å². The molecule has 0 unspecified atom stereocenters. The van der Waals surface area contributed by atoms with Crippen LogP contribution in [0.15, 0.2) is 0 Å². The lowest BCUT2D eigenvalue weighted by molar-refractivity contribution is -0.173. The highest BCUT2D eigenvalue weighted by molar-refractivity contribution is 4.44. The highest BCUT2D eigenvalue weighted by Crippen LogP contribution is 2.14. The zero-order valence-corrected chi connectivity index (χ0v) is 7.16. The molecule has 0 aromatic rings. The molecule has 0 radical (unpaired) electrons. The van der Waals surface area contributed by atoms with Gasteiger partial charge in [-0.2, -0.15) is 13.2 Å². The van der Waals surface area contributed by atoms with Gasteiger partial charge in [0.2, 0.25) is 0 Å². The van der Waals surface area contributed by atoms with Crippen LogP contribution in [0.3, 0.4) is 0 Å². The van der Waals surface area contributed by atoms with E-state index in [-0.39, 0.29) is 6.61 Å². The second-order valence-electron chi connectivity index (χ2n) is 1.67. The molecule has 0 atom stereocenters. The second-order valence-corrected chi connectivity index (χ2v) is 1.67. The van der Waals surface area contributed by atoms with Crippen LogP contribution in [0.2, 0.25) is 0 Å². The zero-order valence-electron chi connectivity index (χ0n) is 7.16. The largest absolute Gasteiger partial charge is 0.411 e. The van der Waals surface area contributed by atoms with Crippen molar-refractivity contribution in [2.24, 2.45) is 0 Å². The van der Waals surface area contributed by atoms with Gasteiger partial charge in [-0.25, -0.2) is 0 Å². The van der Waals surface area contributed by atoms with Crippen molar-refractivity contribution < 1.29 is 17.9 Å². The molecule has 0 bridgehead atoms. The molecule has 0 spiro atoms. The van der Waals surface area contributed by atoms with Crippen LogP contribution in [0.5, 0.6) is 0 Å². The van der Waals surface area contributed by atoms with E-state index >= 15 is 0 Å². The number of rotatable bonds is 3. The summed E-state index contributed by atoms with van der Waals surface area (Å²) >= 11 is 0. The molecule has 0 aliphatic rings. The van der Waals surface area contributed by atoms with E-state index in [4.69, 9.17) is 0 Å². The van der Waals surface area contributed by atoms with Crippen LogP contribution in [-0.2, 0) is 4.74 Å². The minimum atomic E-state index is -4.17. The van der Waals surface area contributed by atoms with Gasteiger partial charge < -0.3 is 4.74 Å². The molecule has 11 heavy (non-hydrogen) atoms. The van der Waals surface area contributed by atoms with E-state index in [0.29, 0.717) is 6.42 Å². The Balaban J connectivity index is 0. The molecular formula is C7H15F3O. The lowest BCUT2D eigenvalue weighted by Crippen LogP contribution is -2.17. The van der Waals surface area contributed by atoms with Crippen molar-refractivity contribution >= 4 is 0 Å². The van der Waals surface area contributed by atoms with E-state index in [1.807, 2.05) is 13.8 Å². The Bertz CT molecular complexity index is 70.6. The van der Waals surface area contributed by atoms with E-state index < -0.39 is 12.8 Å². The predicted octanol–water partition coefficient (Wildman–Crippen LogP) is 3.00. The van der Waals surface area contributed by atoms with Crippen molar-refractivity contribution in [1.29, 1.82) is 0 Å². The van der Waals surface area contributed by atoms with Gasteiger partial charge in [0.25, 0.3) is 0 Å². The van der Waals surface area contributed by atoms with Gasteiger partial charge >= 0.3 is 6.18 Å². The van der Waals surface area contributed by atoms with Crippen molar-refractivity contribution in [3.63, 3.8) is 0 Å². The highest BCUT2D eigenvalue weighted by Gasteiger charge is 2.26. The molecule has 0 fully saturated rings. The molecular weight excluding hydrogens is 157 g/mol. The average Bonchev–Trinajstić information content (AvgIpc) is 1.90. The quantitative estimate of drug-likeness (QED) is 0.594. The zero-order chi connectivity index (χ0) is 9.33. The molecule has 4 heteroatoms. The van der Waals surface area contributed by atoms with Crippen LogP contribution in [-0.4, -0.2) is 19.4 Å². The Morgan fingerprint density at radius 3 is 1.91 bits per heavy atom. The third-order valence-electron chi connectivity index (χ3n) is 0.614. The first-order chi connectivity index (χ1) is 5.06. The van der Waals surface area contributed by atoms with Gasteiger partial charge in [-0.3, -0.25) is 0 Å². The summed E-state index contributed by atoms with van der Waals surface area (Å²) in [5.41, 5.74) is 0. The number of ether oxygens (including phenoxy) is 1. The average molecular weight is 172 g/mol. The van der Waals surface area contributed by atoms with E-state index in [1.54, 1.807) is 6.92 Å². The molecule has 0 N–H and O–H groups in total. The standard InChI is InChI=1S/C5H9F3O.C2H6/c1-2-3-9-4-5(6,7)8;1-2/h2-4H2,1H3;1-2H3. The molecule has 0 aromatic heterocycles. The first-order valence-corrected chi connectivity index (χ1v) is 3.70. The molecule has 0 aliphatic heterocycles. The van der Waals surface area contributed by atoms with Crippen LogP contribution >= 0.6 is 0 Å². The number of alkyl halides is 3. The topological polar surface area (TPSA) is 9.23 Å². The Hall–Kier alpha value is -0.250. The van der Waals surface area contributed by atoms with E-state index in [9.17, 15) is 13.2 Å². The molecule has 0 aromatic carbocycles. The Morgan fingerprint density at radius 2 is 1.64 bits per heavy atom. The molecule has 0 saturated heterocycles. The van der Waals surface area contributed by atoms with Crippen molar-refractivity contribution in [3.05, 3.63) is 0 Å². The number of hydrogen-bond donors (Lipinski definition) is 0. The summed E-state index contributed by atoms with van der Waals surface area (Å²) in [5, 5.41) is 0. The minimum Gasteiger partial charge on any atom is -0.372 e. The molecule has 0 amide bonds. The summed E-state index contributed by atoms with van der Waals surface area (Å²) in [6.07, 6.45) is -3.55. The maximum absolute atomic E-state index is 11.3. The lowest BCUT2D eigenvalue weighted by atomic mass is 10.5. The summed E-state index contributed by atoms with van der Waals surface area (Å²) in [5.74, 6) is 0. The molecule has 0 aliphatic carbocycles. The maximum atomic E-state index is 11.3. The van der Waals surface area contributed by atoms with Crippen molar-refractivity contribution in [2.75, 3.05) is 13.2 Å². The third kappa shape index (κ3) is 17.7. The molecule has 1 nitrogen and oxygen atoms in total. The highest BCUT2D eigenvalue weighted by atomic mass is 19.4. The molecule has 0 heterocycles. The van der Waals surface area contributed by atoms with Gasteiger partial charge in [0.1, 0.15) is 6.61 Å². The SMILES string of the molecule is CC.CCCOCC(F)(F)F. The maximum Gasteiger partial charge on any atom is 0.411 e. The van der Waals surface area contributed by atoms with Crippen LogP contribution < -0.4 is 0 Å². The van der Waals surface area contributed by atoms with Crippen LogP contribution in [0.25, 0.3) is 0 Å². The third-order valence-corrected chi connectivity index (χ3v) is 0.614. The monoisotopic (exact) mass is 172 g/mol. The van der Waals surface area contributed by atoms with Gasteiger partial charge in [-0.1, -0.05) is 20.8 Å². The van der Waals surface area contributed by atoms with Gasteiger partial charge in [0, 0.05) is 6.61 Å². The van der Waals surface area contributed by atoms with Crippen molar-refractivity contribution in [2.45, 2.75) is 33.4 Å².